The SMILES string of the molecule is CC[C@@]1(c2ccccc2)NC(=O)N(CN(C)CC(=O)NC(C)(C)C)C1=O. The number of rotatable bonds is 6. The lowest BCUT2D eigenvalue weighted by Gasteiger charge is -2.27. The van der Waals surface area contributed by atoms with Gasteiger partial charge in [-0.1, -0.05) is 37.3 Å². The largest absolute Gasteiger partial charge is 0.350 e. The van der Waals surface area contributed by atoms with E-state index < -0.39 is 11.6 Å². The summed E-state index contributed by atoms with van der Waals surface area (Å²) < 4.78 is 0. The van der Waals surface area contributed by atoms with E-state index in [1.54, 1.807) is 11.9 Å². The highest BCUT2D eigenvalue weighted by Crippen LogP contribution is 2.32. The molecule has 1 saturated heterocycles. The Morgan fingerprint density at radius 3 is 2.38 bits per heavy atom. The fourth-order valence-electron chi connectivity index (χ4n) is 3.11. The van der Waals surface area contributed by atoms with Gasteiger partial charge in [0.05, 0.1) is 13.2 Å². The number of imide groups is 1. The number of carbonyl (C=O) groups excluding carboxylic acids is 3. The summed E-state index contributed by atoms with van der Waals surface area (Å²) in [5.74, 6) is -0.448. The zero-order chi connectivity index (χ0) is 19.5. The van der Waals surface area contributed by atoms with Gasteiger partial charge in [-0.3, -0.25) is 14.5 Å². The third-order valence-electron chi connectivity index (χ3n) is 4.28. The molecule has 4 amide bonds. The van der Waals surface area contributed by atoms with Gasteiger partial charge < -0.3 is 10.6 Å². The molecule has 1 aliphatic rings. The Balaban J connectivity index is 2.10. The van der Waals surface area contributed by atoms with Crippen LogP contribution in [0.15, 0.2) is 30.3 Å². The molecule has 1 aromatic rings. The number of nitrogens with zero attached hydrogens (tertiary/aromatic N) is 2. The van der Waals surface area contributed by atoms with Crippen LogP contribution in [0.4, 0.5) is 4.79 Å². The smallest absolute Gasteiger partial charge is 0.326 e. The molecule has 7 nitrogen and oxygen atoms in total. The van der Waals surface area contributed by atoms with Crippen molar-refractivity contribution in [3.8, 4) is 0 Å². The standard InChI is InChI=1S/C19H28N4O3/c1-6-19(14-10-8-7-9-11-14)16(25)23(17(26)21-19)13-22(5)12-15(24)20-18(2,3)4/h7-11H,6,12-13H2,1-5H3,(H,20,24)(H,21,26)/t19-/m0/s1. The molecule has 2 rings (SSSR count). The second kappa shape index (κ2) is 7.45. The maximum Gasteiger partial charge on any atom is 0.326 e. The molecule has 26 heavy (non-hydrogen) atoms. The Hall–Kier alpha value is -2.41. The number of benzene rings is 1. The molecule has 2 N–H and O–H groups in total. The van der Waals surface area contributed by atoms with Crippen LogP contribution in [0.2, 0.25) is 0 Å². The zero-order valence-electron chi connectivity index (χ0n) is 16.1. The monoisotopic (exact) mass is 360 g/mol. The fraction of sp³-hybridized carbons (Fsp3) is 0.526. The van der Waals surface area contributed by atoms with Gasteiger partial charge in [-0.25, -0.2) is 9.69 Å². The van der Waals surface area contributed by atoms with Crippen molar-refractivity contribution in [1.29, 1.82) is 0 Å². The van der Waals surface area contributed by atoms with Gasteiger partial charge in [0.2, 0.25) is 5.91 Å². The molecule has 142 valence electrons. The van der Waals surface area contributed by atoms with Crippen LogP contribution in [-0.2, 0) is 15.1 Å². The van der Waals surface area contributed by atoms with Crippen molar-refractivity contribution in [1.82, 2.24) is 20.4 Å². The Kier molecular flexibility index (Phi) is 5.71. The molecule has 1 aromatic carbocycles. The molecule has 1 heterocycles. The van der Waals surface area contributed by atoms with Gasteiger partial charge in [0.25, 0.3) is 5.91 Å². The number of likely N-dealkylation sites (N-methyl/N-ethyl adjacent to an activating group) is 1. The van der Waals surface area contributed by atoms with Gasteiger partial charge in [0, 0.05) is 5.54 Å². The Morgan fingerprint density at radius 2 is 1.85 bits per heavy atom. The Bertz CT molecular complexity index is 684. The maximum absolute atomic E-state index is 13.0. The van der Waals surface area contributed by atoms with Crippen molar-refractivity contribution in [2.45, 2.75) is 45.2 Å². The zero-order valence-corrected chi connectivity index (χ0v) is 16.1. The second-order valence-corrected chi connectivity index (χ2v) is 7.74. The first kappa shape index (κ1) is 19.9. The number of carbonyl (C=O) groups is 3. The van der Waals surface area contributed by atoms with Crippen molar-refractivity contribution < 1.29 is 14.4 Å². The molecule has 0 unspecified atom stereocenters. The summed E-state index contributed by atoms with van der Waals surface area (Å²) in [4.78, 5) is 40.4. The van der Waals surface area contributed by atoms with Gasteiger partial charge in [-0.05, 0) is 39.8 Å². The first-order valence-corrected chi connectivity index (χ1v) is 8.78. The molecule has 1 fully saturated rings. The number of hydrogen-bond acceptors (Lipinski definition) is 4. The van der Waals surface area contributed by atoms with Crippen molar-refractivity contribution in [2.75, 3.05) is 20.3 Å². The van der Waals surface area contributed by atoms with Crippen LogP contribution in [0, 0.1) is 0 Å². The molecule has 0 bridgehead atoms. The van der Waals surface area contributed by atoms with E-state index in [1.165, 1.54) is 4.90 Å². The molecule has 7 heteroatoms. The summed E-state index contributed by atoms with van der Waals surface area (Å²) >= 11 is 0. The molecule has 0 aliphatic carbocycles. The minimum Gasteiger partial charge on any atom is -0.350 e. The van der Waals surface area contributed by atoms with E-state index >= 15 is 0 Å². The fourth-order valence-corrected chi connectivity index (χ4v) is 3.11. The van der Waals surface area contributed by atoms with Crippen LogP contribution in [0.3, 0.4) is 0 Å². The van der Waals surface area contributed by atoms with Crippen LogP contribution in [0.5, 0.6) is 0 Å². The van der Waals surface area contributed by atoms with E-state index in [0.717, 1.165) is 5.56 Å². The highest BCUT2D eigenvalue weighted by atomic mass is 16.2. The molecule has 1 atom stereocenters. The third-order valence-corrected chi connectivity index (χ3v) is 4.28. The van der Waals surface area contributed by atoms with Gasteiger partial charge >= 0.3 is 6.03 Å². The minimum absolute atomic E-state index is 0.0524. The molecule has 0 aromatic heterocycles. The first-order valence-electron chi connectivity index (χ1n) is 8.78. The number of urea groups is 1. The highest BCUT2D eigenvalue weighted by molar-refractivity contribution is 6.07. The maximum atomic E-state index is 13.0. The van der Waals surface area contributed by atoms with E-state index in [9.17, 15) is 14.4 Å². The van der Waals surface area contributed by atoms with Crippen molar-refractivity contribution in [2.24, 2.45) is 0 Å². The van der Waals surface area contributed by atoms with Gasteiger partial charge in [0.1, 0.15) is 5.54 Å². The summed E-state index contributed by atoms with van der Waals surface area (Å²) in [5.41, 5.74) is -0.618. The van der Waals surface area contributed by atoms with E-state index in [-0.39, 0.29) is 30.6 Å². The van der Waals surface area contributed by atoms with Crippen LogP contribution in [-0.4, -0.2) is 53.4 Å². The lowest BCUT2D eigenvalue weighted by Crippen LogP contribution is -2.48. The van der Waals surface area contributed by atoms with E-state index in [0.29, 0.717) is 6.42 Å². The summed E-state index contributed by atoms with van der Waals surface area (Å²) in [7, 11) is 1.71. The lowest BCUT2D eigenvalue weighted by atomic mass is 9.87. The van der Waals surface area contributed by atoms with Crippen LogP contribution in [0.1, 0.15) is 39.7 Å². The topological polar surface area (TPSA) is 81.8 Å². The normalized spacial score (nSPS) is 20.5. The lowest BCUT2D eigenvalue weighted by molar-refractivity contribution is -0.134. The minimum atomic E-state index is -1.05. The first-order chi connectivity index (χ1) is 12.1. The van der Waals surface area contributed by atoms with Crippen molar-refractivity contribution in [3.63, 3.8) is 0 Å². The third kappa shape index (κ3) is 4.22. The van der Waals surface area contributed by atoms with E-state index in [2.05, 4.69) is 10.6 Å². The summed E-state index contributed by atoms with van der Waals surface area (Å²) in [6.45, 7) is 7.72. The highest BCUT2D eigenvalue weighted by Gasteiger charge is 2.51. The van der Waals surface area contributed by atoms with Gasteiger partial charge in [-0.2, -0.15) is 0 Å². The second-order valence-electron chi connectivity index (χ2n) is 7.74. The molecular formula is C19H28N4O3. The predicted molar refractivity (Wildman–Crippen MR) is 99.2 cm³/mol. The molecule has 0 radical (unpaired) electrons. The molecular weight excluding hydrogens is 332 g/mol. The molecule has 1 aliphatic heterocycles. The Labute approximate surface area is 154 Å². The quantitative estimate of drug-likeness (QED) is 0.756. The predicted octanol–water partition coefficient (Wildman–Crippen LogP) is 1.65. The average Bonchev–Trinajstić information content (AvgIpc) is 2.79. The van der Waals surface area contributed by atoms with Crippen molar-refractivity contribution in [3.05, 3.63) is 35.9 Å². The molecule has 0 spiro atoms. The van der Waals surface area contributed by atoms with E-state index in [1.807, 2.05) is 58.0 Å². The molecule has 0 saturated carbocycles. The number of nitrogens with one attached hydrogen (secondary N) is 2. The number of hydrogen-bond donors (Lipinski definition) is 2. The van der Waals surface area contributed by atoms with Crippen LogP contribution >= 0.6 is 0 Å². The van der Waals surface area contributed by atoms with E-state index in [4.69, 9.17) is 0 Å². The number of amides is 4. The summed E-state index contributed by atoms with van der Waals surface area (Å²) in [5, 5.41) is 5.71. The van der Waals surface area contributed by atoms with Crippen LogP contribution in [0.25, 0.3) is 0 Å². The van der Waals surface area contributed by atoms with Crippen LogP contribution < -0.4 is 10.6 Å². The van der Waals surface area contributed by atoms with Gasteiger partial charge in [-0.15, -0.1) is 0 Å². The Morgan fingerprint density at radius 1 is 1.23 bits per heavy atom. The van der Waals surface area contributed by atoms with Crippen molar-refractivity contribution >= 4 is 17.8 Å². The van der Waals surface area contributed by atoms with Gasteiger partial charge in [0.15, 0.2) is 0 Å². The summed E-state index contributed by atoms with van der Waals surface area (Å²) in [6, 6.07) is 8.80. The average molecular weight is 360 g/mol. The summed E-state index contributed by atoms with van der Waals surface area (Å²) in [6.07, 6.45) is 0.451.